The van der Waals surface area contributed by atoms with Crippen LogP contribution in [0.25, 0.3) is 0 Å². The first kappa shape index (κ1) is 26.1. The zero-order valence-corrected chi connectivity index (χ0v) is 18.7. The van der Waals surface area contributed by atoms with E-state index in [1.54, 1.807) is 0 Å². The molecule has 33 heavy (non-hydrogen) atoms. The second-order valence-corrected chi connectivity index (χ2v) is 9.12. The number of sulfonamides is 1. The van der Waals surface area contributed by atoms with Gasteiger partial charge in [0.15, 0.2) is 0 Å². The van der Waals surface area contributed by atoms with Crippen molar-refractivity contribution in [1.29, 1.82) is 0 Å². The first-order valence-corrected chi connectivity index (χ1v) is 11.3. The lowest BCUT2D eigenvalue weighted by atomic mass is 10.2. The molecule has 0 unspecified atom stereocenters. The average Bonchev–Trinajstić information content (AvgIpc) is 2.74. The van der Waals surface area contributed by atoms with Crippen LogP contribution in [-0.2, 0) is 25.7 Å². The molecule has 2 aromatic rings. The Morgan fingerprint density at radius 1 is 1.03 bits per heavy atom. The van der Waals surface area contributed by atoms with Crippen LogP contribution in [-0.4, -0.2) is 33.4 Å². The smallest absolute Gasteiger partial charge is 0.381 e. The summed E-state index contributed by atoms with van der Waals surface area (Å²) in [4.78, 5) is 23.7. The first-order valence-electron chi connectivity index (χ1n) is 9.85. The van der Waals surface area contributed by atoms with Crippen molar-refractivity contribution in [3.05, 3.63) is 59.7 Å². The van der Waals surface area contributed by atoms with E-state index in [0.717, 1.165) is 18.2 Å². The van der Waals surface area contributed by atoms with Gasteiger partial charge in [-0.1, -0.05) is 26.0 Å². The highest BCUT2D eigenvalue weighted by molar-refractivity contribution is 7.92. The van der Waals surface area contributed by atoms with Crippen LogP contribution < -0.4 is 15.6 Å². The number of nitrogens with one attached hydrogen (secondary N) is 3. The van der Waals surface area contributed by atoms with E-state index in [2.05, 4.69) is 15.6 Å². The Hall–Kier alpha value is -3.12. The molecule has 2 amide bonds. The van der Waals surface area contributed by atoms with Crippen molar-refractivity contribution in [2.45, 2.75) is 31.3 Å². The summed E-state index contributed by atoms with van der Waals surface area (Å²) >= 11 is 0. The minimum atomic E-state index is -4.63. The van der Waals surface area contributed by atoms with Crippen LogP contribution in [0.15, 0.2) is 53.4 Å². The summed E-state index contributed by atoms with van der Waals surface area (Å²) in [6, 6.07) is 8.53. The summed E-state index contributed by atoms with van der Waals surface area (Å²) in [5.74, 6) is -0.955. The second-order valence-electron chi connectivity index (χ2n) is 7.43. The summed E-state index contributed by atoms with van der Waals surface area (Å²) < 4.78 is 71.1. The molecule has 0 aliphatic heterocycles. The molecule has 0 aliphatic rings. The number of hydrogen-bond acceptors (Lipinski definition) is 5. The van der Waals surface area contributed by atoms with E-state index in [0.29, 0.717) is 18.6 Å². The molecular weight excluding hydrogens is 463 g/mol. The van der Waals surface area contributed by atoms with Crippen LogP contribution in [0.4, 0.5) is 18.9 Å². The van der Waals surface area contributed by atoms with Gasteiger partial charge in [0, 0.05) is 17.9 Å². The van der Waals surface area contributed by atoms with Crippen LogP contribution >= 0.6 is 0 Å². The van der Waals surface area contributed by atoms with E-state index in [1.165, 1.54) is 24.3 Å². The summed E-state index contributed by atoms with van der Waals surface area (Å²) in [6.07, 6.45) is -4.62. The summed E-state index contributed by atoms with van der Waals surface area (Å²) in [5.41, 5.74) is 2.98. The predicted molar refractivity (Wildman–Crippen MR) is 115 cm³/mol. The summed E-state index contributed by atoms with van der Waals surface area (Å²) in [5, 5.41) is 0. The molecule has 3 N–H and O–H groups in total. The molecule has 2 aromatic carbocycles. The van der Waals surface area contributed by atoms with Gasteiger partial charge >= 0.3 is 6.18 Å². The molecule has 0 bridgehead atoms. The molecule has 0 heterocycles. The lowest BCUT2D eigenvalue weighted by Crippen LogP contribution is -2.42. The minimum Gasteiger partial charge on any atom is -0.381 e. The molecule has 8 nitrogen and oxygen atoms in total. The predicted octanol–water partition coefficient (Wildman–Crippen LogP) is 3.33. The number of hydrazine groups is 1. The zero-order valence-electron chi connectivity index (χ0n) is 17.9. The third kappa shape index (κ3) is 8.39. The molecule has 0 fully saturated rings. The van der Waals surface area contributed by atoms with E-state index < -0.39 is 33.6 Å². The van der Waals surface area contributed by atoms with Crippen LogP contribution in [0, 0.1) is 5.92 Å². The molecule has 2 rings (SSSR count). The molecular formula is C21H24F3N3O5S. The fourth-order valence-corrected chi connectivity index (χ4v) is 3.62. The molecule has 0 aliphatic carbocycles. The molecule has 0 radical (unpaired) electrons. The Labute approximate surface area is 189 Å². The topological polar surface area (TPSA) is 114 Å². The van der Waals surface area contributed by atoms with E-state index in [-0.39, 0.29) is 29.2 Å². The molecule has 0 aromatic heterocycles. The second kappa shape index (κ2) is 11.1. The van der Waals surface area contributed by atoms with Gasteiger partial charge in [-0.15, -0.1) is 0 Å². The van der Waals surface area contributed by atoms with Gasteiger partial charge < -0.3 is 4.74 Å². The van der Waals surface area contributed by atoms with Gasteiger partial charge in [-0.25, -0.2) is 8.42 Å². The number of carbonyl (C=O) groups excluding carboxylic acids is 2. The van der Waals surface area contributed by atoms with Crippen molar-refractivity contribution >= 4 is 27.5 Å². The van der Waals surface area contributed by atoms with E-state index in [9.17, 15) is 31.2 Å². The maximum atomic E-state index is 12.9. The standard InChI is InChI=1S/C21H24F3N3O5S/c1-14(2)13-32-10-9-19(28)25-26-20(29)15-5-3-8-18(11-15)33(30,31)27-17-7-4-6-16(12-17)21(22,23)24/h3-8,11-12,14,27H,9-10,13H2,1-2H3,(H,25,28)(H,26,29). The van der Waals surface area contributed by atoms with Gasteiger partial charge in [0.05, 0.1) is 23.5 Å². The van der Waals surface area contributed by atoms with Crippen molar-refractivity contribution in [1.82, 2.24) is 10.9 Å². The SMILES string of the molecule is CC(C)COCCC(=O)NNC(=O)c1cccc(S(=O)(=O)Nc2cccc(C(F)(F)F)c2)c1. The number of alkyl halides is 3. The highest BCUT2D eigenvalue weighted by atomic mass is 32.2. The van der Waals surface area contributed by atoms with Gasteiger partial charge in [-0.05, 0) is 42.3 Å². The Bertz CT molecular complexity index is 1090. The maximum Gasteiger partial charge on any atom is 0.416 e. The fraction of sp³-hybridized carbons (Fsp3) is 0.333. The summed E-state index contributed by atoms with van der Waals surface area (Å²) in [7, 11) is -4.29. The minimum absolute atomic E-state index is 0.0162. The van der Waals surface area contributed by atoms with Crippen molar-refractivity contribution in [3.8, 4) is 0 Å². The van der Waals surface area contributed by atoms with Gasteiger partial charge in [0.1, 0.15) is 0 Å². The maximum absolute atomic E-state index is 12.9. The highest BCUT2D eigenvalue weighted by Crippen LogP contribution is 2.31. The van der Waals surface area contributed by atoms with Crippen LogP contribution in [0.3, 0.4) is 0 Å². The van der Waals surface area contributed by atoms with Crippen LogP contribution in [0.5, 0.6) is 0 Å². The lowest BCUT2D eigenvalue weighted by molar-refractivity contribution is -0.137. The Kier molecular flexibility index (Phi) is 8.83. The largest absolute Gasteiger partial charge is 0.416 e. The molecule has 0 spiro atoms. The van der Waals surface area contributed by atoms with Crippen LogP contribution in [0.1, 0.15) is 36.2 Å². The third-order valence-electron chi connectivity index (χ3n) is 4.09. The van der Waals surface area contributed by atoms with Gasteiger partial charge in [0.25, 0.3) is 15.9 Å². The lowest BCUT2D eigenvalue weighted by Gasteiger charge is -2.12. The number of carbonyl (C=O) groups is 2. The monoisotopic (exact) mass is 487 g/mol. The normalized spacial score (nSPS) is 11.8. The highest BCUT2D eigenvalue weighted by Gasteiger charge is 2.30. The zero-order chi connectivity index (χ0) is 24.6. The van der Waals surface area contributed by atoms with Crippen LogP contribution in [0.2, 0.25) is 0 Å². The summed E-state index contributed by atoms with van der Waals surface area (Å²) in [6.45, 7) is 4.60. The van der Waals surface area contributed by atoms with Gasteiger partial charge in [-0.3, -0.25) is 25.2 Å². The number of halogens is 3. The number of benzene rings is 2. The number of amides is 2. The first-order chi connectivity index (χ1) is 15.4. The Morgan fingerprint density at radius 2 is 1.73 bits per heavy atom. The number of hydrogen-bond donors (Lipinski definition) is 3. The quantitative estimate of drug-likeness (QED) is 0.371. The van der Waals surface area contributed by atoms with E-state index in [1.807, 2.05) is 13.8 Å². The van der Waals surface area contributed by atoms with E-state index >= 15 is 0 Å². The number of ether oxygens (including phenoxy) is 1. The molecule has 0 atom stereocenters. The molecule has 0 saturated carbocycles. The molecule has 180 valence electrons. The van der Waals surface area contributed by atoms with Gasteiger partial charge in [0.2, 0.25) is 5.91 Å². The van der Waals surface area contributed by atoms with Crippen molar-refractivity contribution in [2.24, 2.45) is 5.92 Å². The Morgan fingerprint density at radius 3 is 2.39 bits per heavy atom. The molecule has 12 heteroatoms. The van der Waals surface area contributed by atoms with Crippen molar-refractivity contribution in [2.75, 3.05) is 17.9 Å². The fourth-order valence-electron chi connectivity index (χ4n) is 2.52. The van der Waals surface area contributed by atoms with Crippen molar-refractivity contribution in [3.63, 3.8) is 0 Å². The number of anilines is 1. The van der Waals surface area contributed by atoms with Crippen molar-refractivity contribution < 1.29 is 35.9 Å². The molecule has 0 saturated heterocycles. The number of rotatable bonds is 9. The Balaban J connectivity index is 2.01. The van der Waals surface area contributed by atoms with Gasteiger partial charge in [-0.2, -0.15) is 13.2 Å². The van der Waals surface area contributed by atoms with E-state index in [4.69, 9.17) is 4.74 Å². The average molecular weight is 488 g/mol. The third-order valence-corrected chi connectivity index (χ3v) is 5.47.